The molecule has 1 aromatic carbocycles. The summed E-state index contributed by atoms with van der Waals surface area (Å²) in [5.41, 5.74) is 1.13. The third kappa shape index (κ3) is 3.46. The van der Waals surface area contributed by atoms with Gasteiger partial charge in [0.25, 0.3) is 0 Å². The van der Waals surface area contributed by atoms with Crippen molar-refractivity contribution in [2.24, 2.45) is 0 Å². The number of hydrogen-bond acceptors (Lipinski definition) is 4. The summed E-state index contributed by atoms with van der Waals surface area (Å²) in [6.45, 7) is 3.09. The minimum atomic E-state index is -3.40. The fourth-order valence-electron chi connectivity index (χ4n) is 2.89. The molecule has 0 radical (unpaired) electrons. The topological polar surface area (TPSA) is 55.2 Å². The summed E-state index contributed by atoms with van der Waals surface area (Å²) < 4.78 is 29.2. The first-order chi connectivity index (χ1) is 11.0. The monoisotopic (exact) mass is 351 g/mol. The molecule has 0 N–H and O–H groups in total. The molecule has 0 saturated carbocycles. The van der Waals surface area contributed by atoms with Crippen LogP contribution in [0.4, 0.5) is 0 Å². The first-order valence-electron chi connectivity index (χ1n) is 7.65. The Balaban J connectivity index is 1.73. The van der Waals surface area contributed by atoms with Crippen LogP contribution in [0.5, 0.6) is 0 Å². The third-order valence-corrected chi connectivity index (χ3v) is 6.83. The predicted molar refractivity (Wildman–Crippen MR) is 92.2 cm³/mol. The zero-order valence-corrected chi connectivity index (χ0v) is 15.0. The number of benzene rings is 1. The average molecular weight is 351 g/mol. The highest BCUT2D eigenvalue weighted by molar-refractivity contribution is 7.98. The van der Waals surface area contributed by atoms with E-state index in [-0.39, 0.29) is 6.04 Å². The molecule has 0 unspecified atom stereocenters. The Morgan fingerprint density at radius 1 is 1.26 bits per heavy atom. The molecule has 7 heteroatoms. The van der Waals surface area contributed by atoms with E-state index in [0.717, 1.165) is 23.3 Å². The Morgan fingerprint density at radius 3 is 2.61 bits per heavy atom. The number of aryl methyl sites for hydroxylation is 1. The minimum absolute atomic E-state index is 0.285. The molecular weight excluding hydrogens is 330 g/mol. The number of piperidine rings is 1. The van der Waals surface area contributed by atoms with Gasteiger partial charge < -0.3 is 0 Å². The summed E-state index contributed by atoms with van der Waals surface area (Å²) in [6, 6.07) is 7.45. The van der Waals surface area contributed by atoms with Crippen LogP contribution in [0.15, 0.2) is 46.5 Å². The summed E-state index contributed by atoms with van der Waals surface area (Å²) >= 11 is 1.55. The minimum Gasteiger partial charge on any atom is -0.269 e. The first-order valence-corrected chi connectivity index (χ1v) is 10.3. The maximum atomic E-state index is 12.8. The Labute approximate surface area is 141 Å². The molecule has 1 aromatic heterocycles. The van der Waals surface area contributed by atoms with Gasteiger partial charge in [-0.1, -0.05) is 6.07 Å². The lowest BCUT2D eigenvalue weighted by atomic mass is 10.1. The van der Waals surface area contributed by atoms with Gasteiger partial charge in [-0.05, 0) is 49.8 Å². The molecule has 124 valence electrons. The van der Waals surface area contributed by atoms with Crippen molar-refractivity contribution in [3.63, 3.8) is 0 Å². The Kier molecular flexibility index (Phi) is 4.79. The molecule has 0 spiro atoms. The van der Waals surface area contributed by atoms with Gasteiger partial charge in [0.05, 0.1) is 17.1 Å². The van der Waals surface area contributed by atoms with Gasteiger partial charge in [-0.2, -0.15) is 9.40 Å². The van der Waals surface area contributed by atoms with E-state index >= 15 is 0 Å². The zero-order chi connectivity index (χ0) is 16.4. The van der Waals surface area contributed by atoms with Gasteiger partial charge in [0.2, 0.25) is 10.0 Å². The van der Waals surface area contributed by atoms with Gasteiger partial charge in [-0.3, -0.25) is 4.68 Å². The third-order valence-electron chi connectivity index (χ3n) is 4.21. The normalized spacial score (nSPS) is 17.5. The van der Waals surface area contributed by atoms with E-state index in [1.54, 1.807) is 34.3 Å². The number of hydrogen-bond donors (Lipinski definition) is 0. The van der Waals surface area contributed by atoms with Crippen LogP contribution in [0.2, 0.25) is 0 Å². The van der Waals surface area contributed by atoms with Crippen molar-refractivity contribution < 1.29 is 8.42 Å². The van der Waals surface area contributed by atoms with Crippen molar-refractivity contribution in [1.29, 1.82) is 0 Å². The molecule has 2 aromatic rings. The highest BCUT2D eigenvalue weighted by Gasteiger charge is 2.30. The standard InChI is InChI=1S/C16H21N3O2S2/c1-13-11-17-19(12-13)14-6-8-18(9-7-14)23(20,21)16-5-3-4-15(10-16)22-2/h3-5,10-12,14H,6-9H2,1-2H3. The van der Waals surface area contributed by atoms with Crippen molar-refractivity contribution in [2.75, 3.05) is 19.3 Å². The number of thioether (sulfide) groups is 1. The molecule has 0 amide bonds. The lowest BCUT2D eigenvalue weighted by molar-refractivity contribution is 0.261. The Morgan fingerprint density at radius 2 is 2.00 bits per heavy atom. The second-order valence-electron chi connectivity index (χ2n) is 5.81. The van der Waals surface area contributed by atoms with Gasteiger partial charge in [0.1, 0.15) is 0 Å². The molecule has 23 heavy (non-hydrogen) atoms. The molecule has 1 aliphatic rings. The average Bonchev–Trinajstić information content (AvgIpc) is 3.01. The Bertz CT molecular complexity index is 778. The molecule has 1 saturated heterocycles. The van der Waals surface area contributed by atoms with Crippen molar-refractivity contribution in [1.82, 2.24) is 14.1 Å². The summed E-state index contributed by atoms with van der Waals surface area (Å²) in [7, 11) is -3.40. The van der Waals surface area contributed by atoms with E-state index in [1.807, 2.05) is 36.3 Å². The summed E-state index contributed by atoms with van der Waals surface area (Å²) in [5.74, 6) is 0. The maximum Gasteiger partial charge on any atom is 0.243 e. The van der Waals surface area contributed by atoms with Crippen LogP contribution in [0.1, 0.15) is 24.4 Å². The summed E-state index contributed by atoms with van der Waals surface area (Å²) in [6.07, 6.45) is 7.40. The molecule has 0 aliphatic carbocycles. The van der Waals surface area contributed by atoms with Crippen LogP contribution in [0.25, 0.3) is 0 Å². The second kappa shape index (κ2) is 6.67. The van der Waals surface area contributed by atoms with E-state index < -0.39 is 10.0 Å². The SMILES string of the molecule is CSc1cccc(S(=O)(=O)N2CCC(n3cc(C)cn3)CC2)c1. The van der Waals surface area contributed by atoms with Crippen molar-refractivity contribution in [2.45, 2.75) is 35.6 Å². The van der Waals surface area contributed by atoms with Crippen LogP contribution < -0.4 is 0 Å². The maximum absolute atomic E-state index is 12.8. The fourth-order valence-corrected chi connectivity index (χ4v) is 4.94. The zero-order valence-electron chi connectivity index (χ0n) is 13.3. The van der Waals surface area contributed by atoms with E-state index in [2.05, 4.69) is 5.10 Å². The first kappa shape index (κ1) is 16.5. The second-order valence-corrected chi connectivity index (χ2v) is 8.63. The molecule has 0 bridgehead atoms. The van der Waals surface area contributed by atoms with Gasteiger partial charge in [0.15, 0.2) is 0 Å². The van der Waals surface area contributed by atoms with E-state index in [9.17, 15) is 8.42 Å². The van der Waals surface area contributed by atoms with E-state index in [1.165, 1.54) is 0 Å². The molecule has 3 rings (SSSR count). The summed E-state index contributed by atoms with van der Waals surface area (Å²) in [5, 5.41) is 4.35. The van der Waals surface area contributed by atoms with Crippen molar-refractivity contribution >= 4 is 21.8 Å². The van der Waals surface area contributed by atoms with Crippen LogP contribution in [-0.2, 0) is 10.0 Å². The number of nitrogens with zero attached hydrogens (tertiary/aromatic N) is 3. The molecule has 0 atom stereocenters. The molecule has 5 nitrogen and oxygen atoms in total. The lowest BCUT2D eigenvalue weighted by Gasteiger charge is -2.31. The Hall–Kier alpha value is -1.31. The highest BCUT2D eigenvalue weighted by atomic mass is 32.2. The van der Waals surface area contributed by atoms with Crippen molar-refractivity contribution in [3.05, 3.63) is 42.2 Å². The van der Waals surface area contributed by atoms with E-state index in [4.69, 9.17) is 0 Å². The van der Waals surface area contributed by atoms with E-state index in [0.29, 0.717) is 18.0 Å². The molecule has 2 heterocycles. The van der Waals surface area contributed by atoms with Gasteiger partial charge in [0, 0.05) is 24.2 Å². The largest absolute Gasteiger partial charge is 0.269 e. The summed E-state index contributed by atoms with van der Waals surface area (Å²) in [4.78, 5) is 1.35. The highest BCUT2D eigenvalue weighted by Crippen LogP contribution is 2.28. The smallest absolute Gasteiger partial charge is 0.243 e. The van der Waals surface area contributed by atoms with Gasteiger partial charge in [-0.15, -0.1) is 11.8 Å². The number of aromatic nitrogens is 2. The van der Waals surface area contributed by atoms with Crippen LogP contribution in [0.3, 0.4) is 0 Å². The van der Waals surface area contributed by atoms with Gasteiger partial charge in [-0.25, -0.2) is 8.42 Å². The van der Waals surface area contributed by atoms with Gasteiger partial charge >= 0.3 is 0 Å². The van der Waals surface area contributed by atoms with Crippen molar-refractivity contribution in [3.8, 4) is 0 Å². The fraction of sp³-hybridized carbons (Fsp3) is 0.438. The predicted octanol–water partition coefficient (Wildman–Crippen LogP) is 2.94. The lowest BCUT2D eigenvalue weighted by Crippen LogP contribution is -2.39. The number of sulfonamides is 1. The van der Waals surface area contributed by atoms with Crippen LogP contribution in [0, 0.1) is 6.92 Å². The molecule has 1 fully saturated rings. The van der Waals surface area contributed by atoms with Crippen LogP contribution in [-0.4, -0.2) is 41.8 Å². The molecular formula is C16H21N3O2S2. The quantitative estimate of drug-likeness (QED) is 0.795. The van der Waals surface area contributed by atoms with Crippen LogP contribution >= 0.6 is 11.8 Å². The molecule has 1 aliphatic heterocycles. The number of rotatable bonds is 4.